The van der Waals surface area contributed by atoms with Gasteiger partial charge in [0.05, 0.1) is 0 Å². The van der Waals surface area contributed by atoms with Gasteiger partial charge in [-0.05, 0) is 59.2 Å². The van der Waals surface area contributed by atoms with E-state index in [2.05, 4.69) is 34.5 Å². The molecule has 0 bridgehead atoms. The number of benzene rings is 1. The maximum absolute atomic E-state index is 13.9. The summed E-state index contributed by atoms with van der Waals surface area (Å²) in [7, 11) is -3.89. The van der Waals surface area contributed by atoms with Crippen molar-refractivity contribution in [3.63, 3.8) is 0 Å². The summed E-state index contributed by atoms with van der Waals surface area (Å²) in [6, 6.07) is 2.08. The van der Waals surface area contributed by atoms with E-state index in [1.165, 1.54) is 0 Å². The fourth-order valence-electron chi connectivity index (χ4n) is 2.55. The molecule has 0 amide bonds. The second-order valence-electron chi connectivity index (χ2n) is 6.36. The molecule has 0 spiro atoms. The second kappa shape index (κ2) is 5.85. The molecular weight excluding hydrogens is 359 g/mol. The molecule has 0 saturated heterocycles. The molecule has 21 heavy (non-hydrogen) atoms. The highest BCUT2D eigenvalue weighted by molar-refractivity contribution is 9.10. The van der Waals surface area contributed by atoms with Gasteiger partial charge in [-0.1, -0.05) is 13.8 Å². The molecule has 0 radical (unpaired) electrons. The molecule has 7 heteroatoms. The Bertz CT molecular complexity index is 637. The topological polar surface area (TPSA) is 72.2 Å². The number of sulfonamides is 1. The van der Waals surface area contributed by atoms with Crippen LogP contribution in [0.2, 0.25) is 0 Å². The highest BCUT2D eigenvalue weighted by atomic mass is 79.9. The summed E-state index contributed by atoms with van der Waals surface area (Å²) >= 11 is 3.08. The van der Waals surface area contributed by atoms with Gasteiger partial charge < -0.3 is 5.73 Å². The first kappa shape index (κ1) is 16.7. The summed E-state index contributed by atoms with van der Waals surface area (Å²) in [5.41, 5.74) is 6.09. The predicted molar refractivity (Wildman–Crippen MR) is 84.9 cm³/mol. The van der Waals surface area contributed by atoms with Crippen LogP contribution in [-0.4, -0.2) is 14.5 Å². The zero-order valence-electron chi connectivity index (χ0n) is 12.1. The Hall–Kier alpha value is -0.660. The molecule has 1 aromatic rings. The Kier molecular flexibility index (Phi) is 4.66. The van der Waals surface area contributed by atoms with Gasteiger partial charge in [-0.3, -0.25) is 0 Å². The number of nitrogens with two attached hydrogens (primary N) is 1. The van der Waals surface area contributed by atoms with Crippen LogP contribution in [0.3, 0.4) is 0 Å². The summed E-state index contributed by atoms with van der Waals surface area (Å²) in [6.07, 6.45) is 3.43. The lowest BCUT2D eigenvalue weighted by molar-refractivity contribution is 0.218. The Morgan fingerprint density at radius 2 is 1.90 bits per heavy atom. The average Bonchev–Trinajstić information content (AvgIpc) is 2.36. The maximum atomic E-state index is 13.9. The van der Waals surface area contributed by atoms with Gasteiger partial charge in [0.2, 0.25) is 10.0 Å². The van der Waals surface area contributed by atoms with E-state index in [0.717, 1.165) is 37.8 Å². The normalized spacial score (nSPS) is 19.6. The SMILES string of the molecule is CC1(C)CCC(NS(=O)(=O)c2cc(N)c(Br)cc2F)CC1. The number of nitrogen functional groups attached to an aromatic ring is 1. The fourth-order valence-corrected chi connectivity index (χ4v) is 4.27. The zero-order chi connectivity index (χ0) is 15.8. The second-order valence-corrected chi connectivity index (χ2v) is 8.90. The molecule has 1 saturated carbocycles. The summed E-state index contributed by atoms with van der Waals surface area (Å²) in [5, 5.41) is 0. The van der Waals surface area contributed by atoms with Crippen LogP contribution in [0.5, 0.6) is 0 Å². The van der Waals surface area contributed by atoms with Gasteiger partial charge in [-0.25, -0.2) is 17.5 Å². The van der Waals surface area contributed by atoms with E-state index in [1.54, 1.807) is 0 Å². The van der Waals surface area contributed by atoms with Gasteiger partial charge in [-0.15, -0.1) is 0 Å². The highest BCUT2D eigenvalue weighted by Gasteiger charge is 2.30. The van der Waals surface area contributed by atoms with Crippen molar-refractivity contribution in [3.8, 4) is 0 Å². The summed E-state index contributed by atoms with van der Waals surface area (Å²) in [4.78, 5) is -0.395. The molecule has 1 aliphatic carbocycles. The maximum Gasteiger partial charge on any atom is 0.243 e. The number of anilines is 1. The lowest BCUT2D eigenvalue weighted by atomic mass is 9.76. The minimum Gasteiger partial charge on any atom is -0.398 e. The van der Waals surface area contributed by atoms with Crippen molar-refractivity contribution in [1.82, 2.24) is 4.72 Å². The first-order valence-electron chi connectivity index (χ1n) is 6.88. The Morgan fingerprint density at radius 1 is 1.33 bits per heavy atom. The van der Waals surface area contributed by atoms with Crippen LogP contribution in [0.25, 0.3) is 0 Å². The molecule has 0 aliphatic heterocycles. The van der Waals surface area contributed by atoms with E-state index < -0.39 is 20.7 Å². The standard InChI is InChI=1S/C14H20BrFN2O2S/c1-14(2)5-3-9(4-6-14)18-21(19,20)13-8-12(17)10(15)7-11(13)16/h7-9,18H,3-6,17H2,1-2H3. The van der Waals surface area contributed by atoms with E-state index >= 15 is 0 Å². The van der Waals surface area contributed by atoms with Crippen molar-refractivity contribution in [1.29, 1.82) is 0 Å². The summed E-state index contributed by atoms with van der Waals surface area (Å²) in [6.45, 7) is 4.35. The molecule has 0 atom stereocenters. The van der Waals surface area contributed by atoms with Crippen LogP contribution in [0, 0.1) is 11.2 Å². The quantitative estimate of drug-likeness (QED) is 0.791. The van der Waals surface area contributed by atoms with Crippen LogP contribution >= 0.6 is 15.9 Å². The van der Waals surface area contributed by atoms with E-state index in [1.807, 2.05) is 0 Å². The number of hydrogen-bond acceptors (Lipinski definition) is 3. The third-order valence-corrected chi connectivity index (χ3v) is 6.22. The Labute approximate surface area is 133 Å². The van der Waals surface area contributed by atoms with E-state index in [-0.39, 0.29) is 17.1 Å². The largest absolute Gasteiger partial charge is 0.398 e. The van der Waals surface area contributed by atoms with Crippen molar-refractivity contribution in [2.45, 2.75) is 50.5 Å². The van der Waals surface area contributed by atoms with E-state index in [0.29, 0.717) is 4.47 Å². The first-order valence-corrected chi connectivity index (χ1v) is 9.15. The molecule has 118 valence electrons. The van der Waals surface area contributed by atoms with E-state index in [4.69, 9.17) is 5.73 Å². The minimum absolute atomic E-state index is 0.146. The number of rotatable bonds is 3. The molecular formula is C14H20BrFN2O2S. The third kappa shape index (κ3) is 3.96. The number of halogens is 2. The molecule has 3 N–H and O–H groups in total. The Morgan fingerprint density at radius 3 is 2.48 bits per heavy atom. The Balaban J connectivity index is 2.18. The average molecular weight is 379 g/mol. The predicted octanol–water partition coefficient (Wildman–Crippen LogP) is 3.42. The van der Waals surface area contributed by atoms with Gasteiger partial charge in [0.25, 0.3) is 0 Å². The van der Waals surface area contributed by atoms with Gasteiger partial charge in [-0.2, -0.15) is 0 Å². The molecule has 2 rings (SSSR count). The monoisotopic (exact) mass is 378 g/mol. The van der Waals surface area contributed by atoms with Gasteiger partial charge in [0, 0.05) is 16.2 Å². The van der Waals surface area contributed by atoms with Crippen molar-refractivity contribution in [3.05, 3.63) is 22.4 Å². The lowest BCUT2D eigenvalue weighted by Gasteiger charge is -2.34. The molecule has 0 aromatic heterocycles. The number of nitrogens with one attached hydrogen (secondary N) is 1. The van der Waals surface area contributed by atoms with Crippen molar-refractivity contribution < 1.29 is 12.8 Å². The van der Waals surface area contributed by atoms with E-state index in [9.17, 15) is 12.8 Å². The number of hydrogen-bond donors (Lipinski definition) is 2. The smallest absolute Gasteiger partial charge is 0.243 e. The zero-order valence-corrected chi connectivity index (χ0v) is 14.5. The summed E-state index contributed by atoms with van der Waals surface area (Å²) in [5.74, 6) is -0.806. The summed E-state index contributed by atoms with van der Waals surface area (Å²) < 4.78 is 41.5. The third-order valence-electron chi connectivity index (χ3n) is 4.00. The first-order chi connectivity index (χ1) is 9.61. The van der Waals surface area contributed by atoms with Gasteiger partial charge >= 0.3 is 0 Å². The minimum atomic E-state index is -3.89. The molecule has 1 aliphatic rings. The highest BCUT2D eigenvalue weighted by Crippen LogP contribution is 2.35. The molecule has 0 unspecified atom stereocenters. The van der Waals surface area contributed by atoms with Crippen LogP contribution in [0.15, 0.2) is 21.5 Å². The molecule has 0 heterocycles. The fraction of sp³-hybridized carbons (Fsp3) is 0.571. The van der Waals surface area contributed by atoms with Crippen molar-refractivity contribution in [2.75, 3.05) is 5.73 Å². The molecule has 1 aromatic carbocycles. The molecule has 4 nitrogen and oxygen atoms in total. The van der Waals surface area contributed by atoms with Crippen molar-refractivity contribution >= 4 is 31.6 Å². The van der Waals surface area contributed by atoms with Crippen LogP contribution in [0.1, 0.15) is 39.5 Å². The van der Waals surface area contributed by atoms with Crippen LogP contribution < -0.4 is 10.5 Å². The lowest BCUT2D eigenvalue weighted by Crippen LogP contribution is -2.39. The van der Waals surface area contributed by atoms with Gasteiger partial charge in [0.1, 0.15) is 10.7 Å². The van der Waals surface area contributed by atoms with Crippen molar-refractivity contribution in [2.24, 2.45) is 5.41 Å². The van der Waals surface area contributed by atoms with Gasteiger partial charge in [0.15, 0.2) is 0 Å². The van der Waals surface area contributed by atoms with Crippen LogP contribution in [0.4, 0.5) is 10.1 Å². The van der Waals surface area contributed by atoms with Crippen LogP contribution in [-0.2, 0) is 10.0 Å². The molecule has 1 fully saturated rings.